The van der Waals surface area contributed by atoms with Crippen molar-refractivity contribution in [2.24, 2.45) is 9.98 Å². The second-order valence-electron chi connectivity index (χ2n) is 35.0. The van der Waals surface area contributed by atoms with Crippen LogP contribution in [-0.2, 0) is 0 Å². The number of rotatable bonds is 16. The summed E-state index contributed by atoms with van der Waals surface area (Å²) in [5, 5.41) is 1.73. The number of hydrogen-bond acceptors (Lipinski definition) is 4. The van der Waals surface area contributed by atoms with Crippen LogP contribution in [0, 0.1) is 0 Å². The molecule has 138 heavy (non-hydrogen) atoms. The summed E-state index contributed by atoms with van der Waals surface area (Å²) in [4.78, 5) is 43.0. The topological polar surface area (TPSA) is 114 Å². The van der Waals surface area contributed by atoms with E-state index in [0.29, 0.717) is 0 Å². The Morgan fingerprint density at radius 3 is 0.667 bits per heavy atom. The average molecular weight is 1760 g/mol. The molecule has 20 aromatic rings. The predicted octanol–water partition coefficient (Wildman–Crippen LogP) is 30.4. The lowest BCUT2D eigenvalue weighted by Crippen LogP contribution is -2.23. The minimum atomic E-state index is 0.718. The summed E-state index contributed by atoms with van der Waals surface area (Å²) in [5.74, 6) is 0. The van der Waals surface area contributed by atoms with Gasteiger partial charge in [-0.1, -0.05) is 449 Å². The van der Waals surface area contributed by atoms with Crippen LogP contribution in [0.5, 0.6) is 0 Å². The Balaban J connectivity index is 0.947. The van der Waals surface area contributed by atoms with Crippen molar-refractivity contribution in [1.29, 1.82) is 0 Å². The van der Waals surface area contributed by atoms with Gasteiger partial charge in [-0.05, 0) is 138 Å². The van der Waals surface area contributed by atoms with Crippen LogP contribution in [-0.4, -0.2) is 41.3 Å². The van der Waals surface area contributed by atoms with Gasteiger partial charge in [0.1, 0.15) is 0 Å². The quantitative estimate of drug-likeness (QED) is 0.0772. The van der Waals surface area contributed by atoms with Gasteiger partial charge in [-0.2, -0.15) is 0 Å². The molecule has 15 aromatic carbocycles. The maximum absolute atomic E-state index is 6.89. The first kappa shape index (κ1) is 81.5. The SMILES string of the molecule is C1=Cc2nc1c(-c1ccccc1)c1ccc([nH]1)c(-c1ccccc1)c1nc(c(-c3ccccc3C3=C4N=C(C(c5ccccc5)=C4c4ccccc4)C(c4ccccc4)=c4[nH]c(c(-c5ccccc5)c4-c4ccccc4)=C(c4ccccc4)C4=NC(=C(c5ccccc5)c5[nH]c3c(-c3ccccc3)c5-c3ccccc3)C(c3ccccc3)=C4c3ccccc3)c3ccc([nH]3)c2-c2ccccc2)C=C1. The summed E-state index contributed by atoms with van der Waals surface area (Å²) in [6.45, 7) is 0. The van der Waals surface area contributed by atoms with E-state index in [9.17, 15) is 0 Å². The van der Waals surface area contributed by atoms with Gasteiger partial charge >= 0.3 is 0 Å². The number of hydrogen-bond donors (Lipinski definition) is 4. The van der Waals surface area contributed by atoms with Crippen LogP contribution in [0.15, 0.2) is 495 Å². The number of nitrogens with zero attached hydrogens (tertiary/aromatic N) is 4. The number of aromatic amines is 4. The van der Waals surface area contributed by atoms with E-state index >= 15 is 0 Å². The van der Waals surface area contributed by atoms with Gasteiger partial charge in [0, 0.05) is 111 Å². The molecule has 25 rings (SSSR count). The second-order valence-corrected chi connectivity index (χ2v) is 35.0. The lowest BCUT2D eigenvalue weighted by Gasteiger charge is -2.20. The molecule has 0 spiro atoms. The average Bonchev–Trinajstić information content (AvgIpc) is 1.54. The van der Waals surface area contributed by atoms with Gasteiger partial charge in [-0.15, -0.1) is 0 Å². The molecule has 0 saturated carbocycles. The van der Waals surface area contributed by atoms with Crippen molar-refractivity contribution in [3.63, 3.8) is 0 Å². The zero-order chi connectivity index (χ0) is 91.4. The summed E-state index contributed by atoms with van der Waals surface area (Å²) < 4.78 is 0. The van der Waals surface area contributed by atoms with Gasteiger partial charge in [0.15, 0.2) is 0 Å². The summed E-state index contributed by atoms with van der Waals surface area (Å²) in [7, 11) is 0. The van der Waals surface area contributed by atoms with Crippen LogP contribution in [0.25, 0.3) is 180 Å². The zero-order valence-corrected chi connectivity index (χ0v) is 75.1. The molecule has 8 nitrogen and oxygen atoms in total. The van der Waals surface area contributed by atoms with Crippen LogP contribution in [0.1, 0.15) is 78.7 Å². The molecule has 0 amide bonds. The monoisotopic (exact) mass is 1760 g/mol. The number of nitrogens with one attached hydrogen (secondary N) is 4. The fourth-order valence-electron chi connectivity index (χ4n) is 21.0. The van der Waals surface area contributed by atoms with Crippen molar-refractivity contribution in [2.45, 2.75) is 0 Å². The summed E-state index contributed by atoms with van der Waals surface area (Å²) in [6.07, 6.45) is 8.77. The molecule has 0 radical (unpaired) electrons. The Bertz CT molecular complexity index is 8740. The normalized spacial score (nSPS) is 13.4. The molecule has 0 unspecified atom stereocenters. The first-order valence-electron chi connectivity index (χ1n) is 47.0. The van der Waals surface area contributed by atoms with E-state index in [1.807, 2.05) is 0 Å². The molecule has 4 aliphatic heterocycles. The van der Waals surface area contributed by atoms with Crippen molar-refractivity contribution in [3.8, 4) is 89.0 Å². The standard InChI is InChI=1S/C130H86N8/c1-15-45-83(46-16-1)107-99-75-77-101(131-99)108(84-47-17-2-18-48-84)103-79-81-105(133-103)121(106-82-80-104(134-106)109(85-49-19-3-20-50-85)102-78-76-100(107)132-102)97-73-43-44-74-98(97)122-129-116(92-63-33-10-34-64-92)114(90-59-29-8-30-60-90)127(137-129)119(95-69-39-13-40-70-95)125-112(88-55-25-6-26-56-88)110(86-51-21-4-22-52-86)123(135-125)118(94-67-37-12-38-68-94)124-111(87-53-23-5-24-54-87)113(89-57-27-7-28-58-89)126(136-124)120(96-71-41-14-42-72-96)128-115(91-61-31-9-32-62-91)117(130(122)138-128)93-65-35-11-36-66-93/h1-82,131,134-135,138H. The third-order valence-electron chi connectivity index (χ3n) is 26.9. The van der Waals surface area contributed by atoms with Crippen LogP contribution in [0.4, 0.5) is 0 Å². The second kappa shape index (κ2) is 35.2. The Hall–Kier alpha value is -18.5. The fraction of sp³-hybridized carbons (Fsp3) is 0. The summed E-state index contributed by atoms with van der Waals surface area (Å²) in [6, 6.07) is 171. The maximum Gasteiger partial charge on any atom is 0.0822 e. The van der Waals surface area contributed by atoms with E-state index in [1.165, 1.54) is 0 Å². The van der Waals surface area contributed by atoms with Crippen LogP contribution < -0.4 is 10.7 Å². The summed E-state index contributed by atoms with van der Waals surface area (Å²) in [5.41, 5.74) is 41.7. The zero-order valence-electron chi connectivity index (χ0n) is 75.1. The molecule has 0 fully saturated rings. The highest BCUT2D eigenvalue weighted by molar-refractivity contribution is 6.53. The minimum Gasteiger partial charge on any atom is -0.354 e. The Morgan fingerprint density at radius 1 is 0.145 bits per heavy atom. The van der Waals surface area contributed by atoms with Gasteiger partial charge in [0.2, 0.25) is 0 Å². The van der Waals surface area contributed by atoms with Gasteiger partial charge < -0.3 is 19.9 Å². The van der Waals surface area contributed by atoms with Crippen molar-refractivity contribution in [1.82, 2.24) is 29.9 Å². The van der Waals surface area contributed by atoms with Crippen molar-refractivity contribution in [2.75, 3.05) is 0 Å². The molecule has 5 aromatic heterocycles. The van der Waals surface area contributed by atoms with Crippen molar-refractivity contribution in [3.05, 3.63) is 574 Å². The van der Waals surface area contributed by atoms with E-state index in [-0.39, 0.29) is 0 Å². The molecule has 0 atom stereocenters. The van der Waals surface area contributed by atoms with E-state index in [4.69, 9.17) is 24.9 Å². The number of allylic oxidation sites excluding steroid dienone is 4. The Labute approximate surface area is 799 Å². The number of benzene rings is 15. The largest absolute Gasteiger partial charge is 0.354 e. The van der Waals surface area contributed by atoms with Gasteiger partial charge in [0.25, 0.3) is 0 Å². The minimum absolute atomic E-state index is 0.718. The Morgan fingerprint density at radius 2 is 0.362 bits per heavy atom. The molecule has 4 N–H and O–H groups in total. The molecule has 1 aliphatic carbocycles. The fourth-order valence-corrected chi connectivity index (χ4v) is 21.0. The highest BCUT2D eigenvalue weighted by atomic mass is 14.9. The molecule has 16 bridgehead atoms. The van der Waals surface area contributed by atoms with E-state index in [1.54, 1.807) is 0 Å². The molecule has 5 aliphatic rings. The highest BCUT2D eigenvalue weighted by Crippen LogP contribution is 2.56. The number of H-pyrrole nitrogens is 4. The maximum atomic E-state index is 6.89. The van der Waals surface area contributed by atoms with Crippen LogP contribution in [0.2, 0.25) is 0 Å². The lowest BCUT2D eigenvalue weighted by molar-refractivity contribution is 1.25. The number of aromatic nitrogens is 6. The van der Waals surface area contributed by atoms with Crippen LogP contribution in [0.3, 0.4) is 0 Å². The first-order valence-corrected chi connectivity index (χ1v) is 47.0. The van der Waals surface area contributed by atoms with Crippen LogP contribution >= 0.6 is 0 Å². The van der Waals surface area contributed by atoms with Crippen molar-refractivity contribution >= 4 is 102 Å². The van der Waals surface area contributed by atoms with Gasteiger partial charge in [0.05, 0.1) is 67.7 Å². The summed E-state index contributed by atoms with van der Waals surface area (Å²) >= 11 is 0. The lowest BCUT2D eigenvalue weighted by atomic mass is 9.82. The third kappa shape index (κ3) is 14.4. The Kier molecular flexibility index (Phi) is 20.8. The molecule has 646 valence electrons. The van der Waals surface area contributed by atoms with E-state index < -0.39 is 0 Å². The van der Waals surface area contributed by atoms with E-state index in [0.717, 1.165) is 268 Å². The highest BCUT2D eigenvalue weighted by Gasteiger charge is 2.41. The molecular formula is C130H86N8. The van der Waals surface area contributed by atoms with E-state index in [2.05, 4.69) is 512 Å². The molecule has 0 saturated heterocycles. The predicted molar refractivity (Wildman–Crippen MR) is 574 cm³/mol. The van der Waals surface area contributed by atoms with Gasteiger partial charge in [-0.25, -0.2) is 20.0 Å². The van der Waals surface area contributed by atoms with Gasteiger partial charge in [-0.3, -0.25) is 0 Å². The van der Waals surface area contributed by atoms with Crippen molar-refractivity contribution < 1.29 is 0 Å². The molecule has 8 heteroatoms. The first-order chi connectivity index (χ1) is 68.5. The number of fused-ring (bicyclic) bond motifs is 18. The molecular weight excluding hydrogens is 1670 g/mol. The smallest absolute Gasteiger partial charge is 0.0822 e. The third-order valence-corrected chi connectivity index (χ3v) is 26.9. The molecule has 9 heterocycles. The number of aliphatic imine (C=N–C) groups is 2.